The van der Waals surface area contributed by atoms with Crippen LogP contribution in [-0.4, -0.2) is 15.6 Å². The molecule has 0 aliphatic carbocycles. The highest BCUT2D eigenvalue weighted by Crippen LogP contribution is 2.22. The van der Waals surface area contributed by atoms with E-state index in [4.69, 9.17) is 23.2 Å². The first-order valence-corrected chi connectivity index (χ1v) is 7.23. The normalized spacial score (nSPS) is 10.8. The number of benzene rings is 1. The van der Waals surface area contributed by atoms with Gasteiger partial charge in [0, 0.05) is 18.5 Å². The smallest absolute Gasteiger partial charge is 0.143 e. The maximum atomic E-state index is 12.1. The fourth-order valence-corrected chi connectivity index (χ4v) is 2.58. The first-order chi connectivity index (χ1) is 9.51. The molecule has 1 heterocycles. The lowest BCUT2D eigenvalue weighted by Crippen LogP contribution is -2.10. The van der Waals surface area contributed by atoms with Crippen molar-refractivity contribution < 1.29 is 4.79 Å². The lowest BCUT2D eigenvalue weighted by atomic mass is 10.1. The summed E-state index contributed by atoms with van der Waals surface area (Å²) in [6, 6.07) is 7.30. The van der Waals surface area contributed by atoms with Gasteiger partial charge in [-0.1, -0.05) is 42.3 Å². The van der Waals surface area contributed by atoms with Crippen LogP contribution in [0, 0.1) is 0 Å². The highest BCUT2D eigenvalue weighted by atomic mass is 35.5. The van der Waals surface area contributed by atoms with Gasteiger partial charge in [-0.3, -0.25) is 9.48 Å². The van der Waals surface area contributed by atoms with Gasteiger partial charge in [-0.05, 0) is 24.1 Å². The third-order valence-electron chi connectivity index (χ3n) is 3.18. The summed E-state index contributed by atoms with van der Waals surface area (Å²) in [5, 5.41) is 5.60. The Bertz CT molecular complexity index is 618. The van der Waals surface area contributed by atoms with Gasteiger partial charge in [-0.15, -0.1) is 0 Å². The van der Waals surface area contributed by atoms with E-state index in [-0.39, 0.29) is 5.78 Å². The highest BCUT2D eigenvalue weighted by Gasteiger charge is 2.16. The van der Waals surface area contributed by atoms with Crippen molar-refractivity contribution in [1.82, 2.24) is 9.78 Å². The molecule has 0 spiro atoms. The van der Waals surface area contributed by atoms with Gasteiger partial charge >= 0.3 is 0 Å². The molecule has 0 saturated heterocycles. The van der Waals surface area contributed by atoms with E-state index in [2.05, 4.69) is 5.10 Å². The van der Waals surface area contributed by atoms with Crippen LogP contribution in [0.2, 0.25) is 10.0 Å². The number of aromatic nitrogens is 2. The molecular weight excluding hydrogens is 295 g/mol. The number of Topliss-reactive ketones (excluding diaryl/α,β-unsaturated/α-hetero) is 1. The minimum atomic E-state index is 0.111. The number of aryl methyl sites for hydroxylation is 2. The van der Waals surface area contributed by atoms with Crippen molar-refractivity contribution in [2.45, 2.75) is 26.2 Å². The Balaban J connectivity index is 2.08. The van der Waals surface area contributed by atoms with E-state index in [1.54, 1.807) is 16.8 Å². The first-order valence-electron chi connectivity index (χ1n) is 6.47. The lowest BCUT2D eigenvalue weighted by molar-refractivity contribution is -0.117. The molecular formula is C15H16Cl2N2O. The average Bonchev–Trinajstić information content (AvgIpc) is 2.69. The van der Waals surface area contributed by atoms with Crippen LogP contribution in [0.15, 0.2) is 24.3 Å². The fourth-order valence-electron chi connectivity index (χ4n) is 2.09. The van der Waals surface area contributed by atoms with Crippen LogP contribution in [-0.2, 0) is 31.1 Å². The Morgan fingerprint density at radius 1 is 1.20 bits per heavy atom. The minimum absolute atomic E-state index is 0.111. The fraction of sp³-hybridized carbons (Fsp3) is 0.333. The number of ketones is 1. The molecule has 0 bridgehead atoms. The molecule has 0 fully saturated rings. The van der Waals surface area contributed by atoms with Gasteiger partial charge in [-0.2, -0.15) is 5.10 Å². The SMILES string of the molecule is CCc1nn(C)c(CC(=O)Cc2ccc(Cl)cc2)c1Cl. The number of hydrogen-bond donors (Lipinski definition) is 0. The summed E-state index contributed by atoms with van der Waals surface area (Å²) in [5.74, 6) is 0.111. The van der Waals surface area contributed by atoms with Crippen molar-refractivity contribution in [2.24, 2.45) is 7.05 Å². The second kappa shape index (κ2) is 6.42. The van der Waals surface area contributed by atoms with Gasteiger partial charge < -0.3 is 0 Å². The maximum absolute atomic E-state index is 12.1. The van der Waals surface area contributed by atoms with E-state index < -0.39 is 0 Å². The molecule has 1 aromatic carbocycles. The predicted octanol–water partition coefficient (Wildman–Crippen LogP) is 3.64. The third kappa shape index (κ3) is 3.41. The first kappa shape index (κ1) is 15.1. The average molecular weight is 311 g/mol. The third-order valence-corrected chi connectivity index (χ3v) is 3.87. The van der Waals surface area contributed by atoms with E-state index in [9.17, 15) is 4.79 Å². The number of carbonyl (C=O) groups is 1. The molecule has 5 heteroatoms. The van der Waals surface area contributed by atoms with Crippen molar-refractivity contribution in [2.75, 3.05) is 0 Å². The molecule has 0 aliphatic rings. The lowest BCUT2D eigenvalue weighted by Gasteiger charge is -2.03. The minimum Gasteiger partial charge on any atom is -0.299 e. The molecule has 20 heavy (non-hydrogen) atoms. The quantitative estimate of drug-likeness (QED) is 0.845. The topological polar surface area (TPSA) is 34.9 Å². The number of rotatable bonds is 5. The number of halogens is 2. The molecule has 1 aromatic heterocycles. The molecule has 2 rings (SSSR count). The summed E-state index contributed by atoms with van der Waals surface area (Å²) in [4.78, 5) is 12.1. The van der Waals surface area contributed by atoms with Gasteiger partial charge in [-0.25, -0.2) is 0 Å². The zero-order valence-corrected chi connectivity index (χ0v) is 13.0. The second-order valence-corrected chi connectivity index (χ2v) is 5.52. The van der Waals surface area contributed by atoms with Gasteiger partial charge in [0.2, 0.25) is 0 Å². The summed E-state index contributed by atoms with van der Waals surface area (Å²) in [6.45, 7) is 1.99. The molecule has 0 aliphatic heterocycles. The largest absolute Gasteiger partial charge is 0.299 e. The van der Waals surface area contributed by atoms with E-state index in [0.717, 1.165) is 23.4 Å². The summed E-state index contributed by atoms with van der Waals surface area (Å²) in [6.07, 6.45) is 1.43. The van der Waals surface area contributed by atoms with Crippen LogP contribution in [0.5, 0.6) is 0 Å². The van der Waals surface area contributed by atoms with Gasteiger partial charge in [0.05, 0.1) is 22.8 Å². The standard InChI is InChI=1S/C15H16Cl2N2O/c1-3-13-15(17)14(19(2)18-13)9-12(20)8-10-4-6-11(16)7-5-10/h4-7H,3,8-9H2,1-2H3. The van der Waals surface area contributed by atoms with E-state index in [0.29, 0.717) is 22.9 Å². The number of carbonyl (C=O) groups excluding carboxylic acids is 1. The molecule has 2 aromatic rings. The van der Waals surface area contributed by atoms with Crippen LogP contribution >= 0.6 is 23.2 Å². The van der Waals surface area contributed by atoms with Crippen molar-refractivity contribution >= 4 is 29.0 Å². The molecule has 106 valence electrons. The van der Waals surface area contributed by atoms with E-state index >= 15 is 0 Å². The predicted molar refractivity (Wildman–Crippen MR) is 81.5 cm³/mol. The molecule has 0 radical (unpaired) electrons. The van der Waals surface area contributed by atoms with Gasteiger partial charge in [0.1, 0.15) is 5.78 Å². The molecule has 0 N–H and O–H groups in total. The van der Waals surface area contributed by atoms with Crippen molar-refractivity contribution in [3.8, 4) is 0 Å². The summed E-state index contributed by atoms with van der Waals surface area (Å²) >= 11 is 12.1. The summed E-state index contributed by atoms with van der Waals surface area (Å²) < 4.78 is 1.70. The zero-order chi connectivity index (χ0) is 14.7. The van der Waals surface area contributed by atoms with Crippen molar-refractivity contribution in [3.05, 3.63) is 51.3 Å². The summed E-state index contributed by atoms with van der Waals surface area (Å²) in [7, 11) is 1.82. The van der Waals surface area contributed by atoms with Crippen LogP contribution in [0.25, 0.3) is 0 Å². The van der Waals surface area contributed by atoms with Crippen molar-refractivity contribution in [1.29, 1.82) is 0 Å². The Kier molecular flexibility index (Phi) is 4.84. The zero-order valence-electron chi connectivity index (χ0n) is 11.5. The Morgan fingerprint density at radius 2 is 1.85 bits per heavy atom. The number of hydrogen-bond acceptors (Lipinski definition) is 2. The van der Waals surface area contributed by atoms with E-state index in [1.807, 2.05) is 26.1 Å². The molecule has 0 unspecified atom stereocenters. The Morgan fingerprint density at radius 3 is 2.40 bits per heavy atom. The van der Waals surface area contributed by atoms with Crippen LogP contribution in [0.1, 0.15) is 23.9 Å². The van der Waals surface area contributed by atoms with Gasteiger partial charge in [0.15, 0.2) is 0 Å². The molecule has 0 amide bonds. The van der Waals surface area contributed by atoms with Crippen LogP contribution in [0.4, 0.5) is 0 Å². The molecule has 0 atom stereocenters. The molecule has 0 saturated carbocycles. The molecule has 3 nitrogen and oxygen atoms in total. The Hall–Kier alpha value is -1.32. The maximum Gasteiger partial charge on any atom is 0.143 e. The Labute approximate surface area is 128 Å². The second-order valence-electron chi connectivity index (χ2n) is 4.70. The van der Waals surface area contributed by atoms with Crippen molar-refractivity contribution in [3.63, 3.8) is 0 Å². The van der Waals surface area contributed by atoms with Gasteiger partial charge in [0.25, 0.3) is 0 Å². The highest BCUT2D eigenvalue weighted by molar-refractivity contribution is 6.32. The van der Waals surface area contributed by atoms with E-state index in [1.165, 1.54) is 0 Å². The number of nitrogens with zero attached hydrogens (tertiary/aromatic N) is 2. The van der Waals surface area contributed by atoms with Crippen LogP contribution < -0.4 is 0 Å². The monoisotopic (exact) mass is 310 g/mol. The van der Waals surface area contributed by atoms with Crippen LogP contribution in [0.3, 0.4) is 0 Å². The summed E-state index contributed by atoms with van der Waals surface area (Å²) in [5.41, 5.74) is 2.57.